The monoisotopic (exact) mass is 263 g/mol. The van der Waals surface area contributed by atoms with E-state index in [1.165, 1.54) is 6.08 Å². The number of hydrogen-bond donors (Lipinski definition) is 1. The molecule has 0 radical (unpaired) electrons. The molecule has 2 rings (SSSR count). The van der Waals surface area contributed by atoms with Crippen LogP contribution < -0.4 is 4.90 Å². The molecule has 2 heterocycles. The minimum atomic E-state index is -0.983. The molecule has 1 N–H and O–H groups in total. The zero-order valence-corrected chi connectivity index (χ0v) is 10.8. The first-order chi connectivity index (χ1) is 9.19. The molecule has 1 aromatic rings. The number of morpholine rings is 1. The molecule has 1 saturated heterocycles. The number of carbonyl (C=O) groups is 1. The topological polar surface area (TPSA) is 75.6 Å². The van der Waals surface area contributed by atoms with E-state index < -0.39 is 5.97 Å². The predicted octanol–water partition coefficient (Wildman–Crippen LogP) is 1.19. The zero-order chi connectivity index (χ0) is 13.7. The standard InChI is InChI=1S/C13H17N3O3/c1-2-11-9-16(5-6-19-11)13-14-7-10(8-15-13)3-4-12(17)18/h3-4,7-8,11H,2,5-6,9H2,1H3,(H,17,18)/b4-3+. The molecule has 1 unspecified atom stereocenters. The molecule has 1 atom stereocenters. The molecule has 6 heteroatoms. The van der Waals surface area contributed by atoms with Crippen LogP contribution in [-0.2, 0) is 9.53 Å². The quantitative estimate of drug-likeness (QED) is 0.822. The van der Waals surface area contributed by atoms with Crippen molar-refractivity contribution in [3.05, 3.63) is 24.0 Å². The molecule has 19 heavy (non-hydrogen) atoms. The van der Waals surface area contributed by atoms with E-state index in [1.54, 1.807) is 12.4 Å². The molecule has 102 valence electrons. The van der Waals surface area contributed by atoms with Crippen LogP contribution in [0.25, 0.3) is 6.08 Å². The second-order valence-corrected chi connectivity index (χ2v) is 4.34. The summed E-state index contributed by atoms with van der Waals surface area (Å²) in [4.78, 5) is 21.0. The van der Waals surface area contributed by atoms with Gasteiger partial charge in [0, 0.05) is 37.1 Å². The van der Waals surface area contributed by atoms with Crippen LogP contribution in [0.15, 0.2) is 18.5 Å². The van der Waals surface area contributed by atoms with Gasteiger partial charge in [0.2, 0.25) is 5.95 Å². The summed E-state index contributed by atoms with van der Waals surface area (Å²) in [5.74, 6) is -0.322. The fourth-order valence-electron chi connectivity index (χ4n) is 1.90. The van der Waals surface area contributed by atoms with Crippen molar-refractivity contribution >= 4 is 18.0 Å². The molecule has 0 bridgehead atoms. The molecule has 0 aliphatic carbocycles. The van der Waals surface area contributed by atoms with Gasteiger partial charge in [-0.1, -0.05) is 6.92 Å². The highest BCUT2D eigenvalue weighted by Crippen LogP contribution is 2.14. The average molecular weight is 263 g/mol. The van der Waals surface area contributed by atoms with Crippen LogP contribution in [-0.4, -0.2) is 46.8 Å². The number of carboxylic acids is 1. The van der Waals surface area contributed by atoms with Gasteiger partial charge >= 0.3 is 5.97 Å². The van der Waals surface area contributed by atoms with E-state index in [1.807, 2.05) is 0 Å². The molecule has 0 aromatic carbocycles. The highest BCUT2D eigenvalue weighted by Gasteiger charge is 2.20. The van der Waals surface area contributed by atoms with Gasteiger partial charge < -0.3 is 14.7 Å². The first kappa shape index (κ1) is 13.5. The summed E-state index contributed by atoms with van der Waals surface area (Å²) in [6.45, 7) is 4.35. The third kappa shape index (κ3) is 3.75. The smallest absolute Gasteiger partial charge is 0.328 e. The van der Waals surface area contributed by atoms with Gasteiger partial charge in [-0.05, 0) is 12.5 Å². The van der Waals surface area contributed by atoms with Gasteiger partial charge in [0.05, 0.1) is 12.7 Å². The first-order valence-electron chi connectivity index (χ1n) is 6.28. The summed E-state index contributed by atoms with van der Waals surface area (Å²) < 4.78 is 5.59. The molecule has 0 saturated carbocycles. The van der Waals surface area contributed by atoms with Gasteiger partial charge in [-0.25, -0.2) is 14.8 Å². The number of rotatable bonds is 4. The number of aliphatic carboxylic acids is 1. The second-order valence-electron chi connectivity index (χ2n) is 4.34. The fraction of sp³-hybridized carbons (Fsp3) is 0.462. The van der Waals surface area contributed by atoms with Crippen LogP contribution in [0.4, 0.5) is 5.95 Å². The molecule has 0 spiro atoms. The minimum Gasteiger partial charge on any atom is -0.478 e. The molecule has 0 amide bonds. The Morgan fingerprint density at radius 3 is 2.95 bits per heavy atom. The highest BCUT2D eigenvalue weighted by atomic mass is 16.5. The van der Waals surface area contributed by atoms with Gasteiger partial charge in [0.15, 0.2) is 0 Å². The van der Waals surface area contributed by atoms with Crippen molar-refractivity contribution in [1.82, 2.24) is 9.97 Å². The third-order valence-corrected chi connectivity index (χ3v) is 2.95. The Morgan fingerprint density at radius 2 is 2.32 bits per heavy atom. The number of carboxylic acid groups (broad SMARTS) is 1. The van der Waals surface area contributed by atoms with Crippen LogP contribution in [0, 0.1) is 0 Å². The minimum absolute atomic E-state index is 0.226. The fourth-order valence-corrected chi connectivity index (χ4v) is 1.90. The van der Waals surface area contributed by atoms with E-state index in [0.29, 0.717) is 18.1 Å². The number of ether oxygens (including phenoxy) is 1. The van der Waals surface area contributed by atoms with Gasteiger partial charge in [-0.2, -0.15) is 0 Å². The zero-order valence-electron chi connectivity index (χ0n) is 10.8. The Bertz CT molecular complexity index is 459. The van der Waals surface area contributed by atoms with Crippen molar-refractivity contribution in [1.29, 1.82) is 0 Å². The van der Waals surface area contributed by atoms with Crippen LogP contribution in [0.3, 0.4) is 0 Å². The Hall–Kier alpha value is -1.95. The first-order valence-corrected chi connectivity index (χ1v) is 6.28. The Labute approximate surface area is 111 Å². The normalized spacial score (nSPS) is 19.8. The van der Waals surface area contributed by atoms with Gasteiger partial charge in [0.25, 0.3) is 0 Å². The van der Waals surface area contributed by atoms with E-state index in [9.17, 15) is 4.79 Å². The van der Waals surface area contributed by atoms with Crippen molar-refractivity contribution in [3.8, 4) is 0 Å². The lowest BCUT2D eigenvalue weighted by Gasteiger charge is -2.32. The summed E-state index contributed by atoms with van der Waals surface area (Å²) in [6, 6.07) is 0. The molecule has 1 aliphatic rings. The van der Waals surface area contributed by atoms with Crippen LogP contribution in [0.1, 0.15) is 18.9 Å². The molecular formula is C13H17N3O3. The van der Waals surface area contributed by atoms with Gasteiger partial charge in [-0.3, -0.25) is 0 Å². The summed E-state index contributed by atoms with van der Waals surface area (Å²) in [6.07, 6.45) is 6.98. The van der Waals surface area contributed by atoms with Crippen molar-refractivity contribution < 1.29 is 14.6 Å². The van der Waals surface area contributed by atoms with Gasteiger partial charge in [0.1, 0.15) is 0 Å². The molecule has 6 nitrogen and oxygen atoms in total. The van der Waals surface area contributed by atoms with Crippen molar-refractivity contribution in [2.45, 2.75) is 19.4 Å². The second kappa shape index (κ2) is 6.29. The molecule has 1 aromatic heterocycles. The van der Waals surface area contributed by atoms with Crippen LogP contribution >= 0.6 is 0 Å². The largest absolute Gasteiger partial charge is 0.478 e. The maximum atomic E-state index is 10.4. The van der Waals surface area contributed by atoms with E-state index in [2.05, 4.69) is 21.8 Å². The Kier molecular flexibility index (Phi) is 4.46. The van der Waals surface area contributed by atoms with E-state index in [-0.39, 0.29) is 6.10 Å². The van der Waals surface area contributed by atoms with Gasteiger partial charge in [-0.15, -0.1) is 0 Å². The SMILES string of the molecule is CCC1CN(c2ncc(/C=C/C(=O)O)cn2)CCO1. The maximum absolute atomic E-state index is 10.4. The lowest BCUT2D eigenvalue weighted by molar-refractivity contribution is -0.131. The third-order valence-electron chi connectivity index (χ3n) is 2.95. The lowest BCUT2D eigenvalue weighted by Crippen LogP contribution is -2.43. The Balaban J connectivity index is 2.03. The number of aromatic nitrogens is 2. The summed E-state index contributed by atoms with van der Waals surface area (Å²) in [5.41, 5.74) is 0.673. The van der Waals surface area contributed by atoms with E-state index >= 15 is 0 Å². The maximum Gasteiger partial charge on any atom is 0.328 e. The summed E-state index contributed by atoms with van der Waals surface area (Å²) >= 11 is 0. The summed E-state index contributed by atoms with van der Waals surface area (Å²) in [5, 5.41) is 8.54. The predicted molar refractivity (Wildman–Crippen MR) is 70.9 cm³/mol. The number of nitrogens with zero attached hydrogens (tertiary/aromatic N) is 3. The lowest BCUT2D eigenvalue weighted by atomic mass is 10.2. The molecule has 1 aliphatic heterocycles. The summed E-state index contributed by atoms with van der Waals surface area (Å²) in [7, 11) is 0. The van der Waals surface area contributed by atoms with Crippen molar-refractivity contribution in [2.24, 2.45) is 0 Å². The van der Waals surface area contributed by atoms with Crippen molar-refractivity contribution in [3.63, 3.8) is 0 Å². The van der Waals surface area contributed by atoms with Crippen LogP contribution in [0.5, 0.6) is 0 Å². The molecular weight excluding hydrogens is 246 g/mol. The number of hydrogen-bond acceptors (Lipinski definition) is 5. The number of anilines is 1. The van der Waals surface area contributed by atoms with Crippen LogP contribution in [0.2, 0.25) is 0 Å². The molecule has 1 fully saturated rings. The highest BCUT2D eigenvalue weighted by molar-refractivity contribution is 5.85. The van der Waals surface area contributed by atoms with E-state index in [4.69, 9.17) is 9.84 Å². The Morgan fingerprint density at radius 1 is 1.58 bits per heavy atom. The average Bonchev–Trinajstić information content (AvgIpc) is 2.45. The van der Waals surface area contributed by atoms with E-state index in [0.717, 1.165) is 25.6 Å². The van der Waals surface area contributed by atoms with Crippen molar-refractivity contribution in [2.75, 3.05) is 24.6 Å².